The van der Waals surface area contributed by atoms with Crippen LogP contribution in [-0.2, 0) is 21.8 Å². The van der Waals surface area contributed by atoms with Crippen molar-refractivity contribution in [2.24, 2.45) is 0 Å². The van der Waals surface area contributed by atoms with Crippen LogP contribution in [0.5, 0.6) is 0 Å². The van der Waals surface area contributed by atoms with Crippen molar-refractivity contribution >= 4 is 50.4 Å². The Morgan fingerprint density at radius 3 is 2.12 bits per heavy atom. The van der Waals surface area contributed by atoms with E-state index in [2.05, 4.69) is 10.6 Å². The lowest BCUT2D eigenvalue weighted by atomic mass is 10.2. The quantitative estimate of drug-likeness (QED) is 0.411. The Bertz CT molecular complexity index is 1250. The molecule has 0 aromatic heterocycles. The first kappa shape index (κ1) is 23.9. The summed E-state index contributed by atoms with van der Waals surface area (Å²) in [4.78, 5) is 12.1. The third-order valence-corrected chi connectivity index (χ3v) is 6.69. The van der Waals surface area contributed by atoms with Crippen LogP contribution in [-0.4, -0.2) is 14.4 Å². The first-order chi connectivity index (χ1) is 14.9. The fourth-order valence-corrected chi connectivity index (χ4v) is 4.43. The Hall–Kier alpha value is -2.75. The SMILES string of the molecule is O=C(Nc1ccc(C(F)(F)F)cc1)Nc1cccc(S(=O)(=O)Cc2ccc(Cl)c(Cl)c2)c1. The molecule has 3 aromatic rings. The van der Waals surface area contributed by atoms with Crippen LogP contribution in [0.1, 0.15) is 11.1 Å². The monoisotopic (exact) mass is 502 g/mol. The number of rotatable bonds is 5. The standard InChI is InChI=1S/C21H15Cl2F3N2O3S/c22-18-9-4-13(10-19(18)23)12-32(30,31)17-3-1-2-16(11-17)28-20(29)27-15-7-5-14(6-8-15)21(24,25)26/h1-11H,12H2,(H2,27,28,29). The Kier molecular flexibility index (Phi) is 7.02. The first-order valence-electron chi connectivity index (χ1n) is 8.96. The maximum Gasteiger partial charge on any atom is 0.416 e. The van der Waals surface area contributed by atoms with Gasteiger partial charge in [-0.25, -0.2) is 13.2 Å². The van der Waals surface area contributed by atoms with Crippen molar-refractivity contribution in [3.8, 4) is 0 Å². The largest absolute Gasteiger partial charge is 0.416 e. The molecule has 0 heterocycles. The van der Waals surface area contributed by atoms with Gasteiger partial charge in [0.1, 0.15) is 0 Å². The van der Waals surface area contributed by atoms with Crippen molar-refractivity contribution in [1.29, 1.82) is 0 Å². The van der Waals surface area contributed by atoms with Crippen LogP contribution in [0.25, 0.3) is 0 Å². The number of carbonyl (C=O) groups excluding carboxylic acids is 1. The smallest absolute Gasteiger partial charge is 0.308 e. The van der Waals surface area contributed by atoms with E-state index in [4.69, 9.17) is 23.2 Å². The summed E-state index contributed by atoms with van der Waals surface area (Å²) < 4.78 is 63.3. The van der Waals surface area contributed by atoms with E-state index in [1.807, 2.05) is 0 Å². The lowest BCUT2D eigenvalue weighted by Crippen LogP contribution is -2.19. The number of carbonyl (C=O) groups is 1. The molecule has 0 spiro atoms. The lowest BCUT2D eigenvalue weighted by Gasteiger charge is -2.11. The zero-order chi connectivity index (χ0) is 23.5. The molecule has 32 heavy (non-hydrogen) atoms. The zero-order valence-corrected chi connectivity index (χ0v) is 18.4. The Balaban J connectivity index is 1.69. The Morgan fingerprint density at radius 2 is 1.50 bits per heavy atom. The van der Waals surface area contributed by atoms with Crippen molar-refractivity contribution in [1.82, 2.24) is 0 Å². The zero-order valence-electron chi connectivity index (χ0n) is 16.1. The van der Waals surface area contributed by atoms with Crippen LogP contribution in [0.15, 0.2) is 71.6 Å². The average Bonchev–Trinajstić information content (AvgIpc) is 2.70. The van der Waals surface area contributed by atoms with Gasteiger partial charge in [0.2, 0.25) is 0 Å². The molecule has 2 N–H and O–H groups in total. The van der Waals surface area contributed by atoms with Gasteiger partial charge in [-0.2, -0.15) is 13.2 Å². The van der Waals surface area contributed by atoms with Gasteiger partial charge in [0, 0.05) is 11.4 Å². The molecule has 5 nitrogen and oxygen atoms in total. The molecule has 3 rings (SSSR count). The Labute approximate surface area is 192 Å². The second-order valence-electron chi connectivity index (χ2n) is 6.69. The molecule has 0 saturated carbocycles. The second kappa shape index (κ2) is 9.40. The van der Waals surface area contributed by atoms with Gasteiger partial charge in [-0.1, -0.05) is 35.3 Å². The topological polar surface area (TPSA) is 75.3 Å². The molecule has 0 fully saturated rings. The predicted molar refractivity (Wildman–Crippen MR) is 118 cm³/mol. The lowest BCUT2D eigenvalue weighted by molar-refractivity contribution is -0.137. The van der Waals surface area contributed by atoms with Gasteiger partial charge in [0.25, 0.3) is 0 Å². The minimum Gasteiger partial charge on any atom is -0.308 e. The van der Waals surface area contributed by atoms with Crippen molar-refractivity contribution < 1.29 is 26.4 Å². The molecular formula is C21H15Cl2F3N2O3S. The summed E-state index contributed by atoms with van der Waals surface area (Å²) >= 11 is 11.8. The summed E-state index contributed by atoms with van der Waals surface area (Å²) in [6, 6.07) is 13.2. The molecule has 3 aromatic carbocycles. The third kappa shape index (κ3) is 6.15. The number of alkyl halides is 3. The highest BCUT2D eigenvalue weighted by atomic mass is 35.5. The van der Waals surface area contributed by atoms with Gasteiger partial charge < -0.3 is 10.6 Å². The summed E-state index contributed by atoms with van der Waals surface area (Å²) in [5.74, 6) is -0.328. The van der Waals surface area contributed by atoms with E-state index >= 15 is 0 Å². The van der Waals surface area contributed by atoms with E-state index in [-0.39, 0.29) is 27.0 Å². The van der Waals surface area contributed by atoms with Crippen molar-refractivity contribution in [3.05, 3.63) is 87.9 Å². The summed E-state index contributed by atoms with van der Waals surface area (Å²) in [5.41, 5.74) is -0.0790. The summed E-state index contributed by atoms with van der Waals surface area (Å²) in [6.45, 7) is 0. The minimum atomic E-state index is -4.48. The molecule has 0 unspecified atom stereocenters. The summed E-state index contributed by atoms with van der Waals surface area (Å²) in [5, 5.41) is 5.37. The number of urea groups is 1. The number of hydrogen-bond donors (Lipinski definition) is 2. The van der Waals surface area contributed by atoms with Crippen LogP contribution < -0.4 is 10.6 Å². The van der Waals surface area contributed by atoms with Crippen LogP contribution in [0, 0.1) is 0 Å². The molecule has 0 aliphatic heterocycles. The highest BCUT2D eigenvalue weighted by Crippen LogP contribution is 2.30. The maximum absolute atomic E-state index is 12.7. The second-order valence-corrected chi connectivity index (χ2v) is 9.49. The van der Waals surface area contributed by atoms with Crippen LogP contribution in [0.2, 0.25) is 10.0 Å². The van der Waals surface area contributed by atoms with Gasteiger partial charge in [0.15, 0.2) is 9.84 Å². The molecule has 0 saturated heterocycles. The Morgan fingerprint density at radius 1 is 0.844 bits per heavy atom. The number of hydrogen-bond acceptors (Lipinski definition) is 3. The fourth-order valence-electron chi connectivity index (χ4n) is 2.74. The van der Waals surface area contributed by atoms with E-state index in [0.29, 0.717) is 10.6 Å². The van der Waals surface area contributed by atoms with Crippen LogP contribution in [0.3, 0.4) is 0 Å². The molecule has 0 aliphatic rings. The average molecular weight is 503 g/mol. The highest BCUT2D eigenvalue weighted by Gasteiger charge is 2.30. The van der Waals surface area contributed by atoms with E-state index in [1.165, 1.54) is 36.4 Å². The van der Waals surface area contributed by atoms with E-state index in [9.17, 15) is 26.4 Å². The molecule has 0 radical (unpaired) electrons. The van der Waals surface area contributed by atoms with Crippen LogP contribution in [0.4, 0.5) is 29.3 Å². The number of nitrogens with one attached hydrogen (secondary N) is 2. The van der Waals surface area contributed by atoms with Gasteiger partial charge in [0.05, 0.1) is 26.3 Å². The highest BCUT2D eigenvalue weighted by molar-refractivity contribution is 7.90. The van der Waals surface area contributed by atoms with Crippen molar-refractivity contribution in [2.75, 3.05) is 10.6 Å². The maximum atomic E-state index is 12.7. The number of sulfone groups is 1. The number of halogens is 5. The minimum absolute atomic E-state index is 0.0316. The third-order valence-electron chi connectivity index (χ3n) is 4.26. The molecule has 11 heteroatoms. The fraction of sp³-hybridized carbons (Fsp3) is 0.0952. The molecule has 0 atom stereocenters. The first-order valence-corrected chi connectivity index (χ1v) is 11.4. The summed E-state index contributed by atoms with van der Waals surface area (Å²) in [7, 11) is -3.76. The number of anilines is 2. The molecule has 2 amide bonds. The molecule has 0 bridgehead atoms. The number of amides is 2. The molecule has 168 valence electrons. The predicted octanol–water partition coefficient (Wildman–Crippen LogP) is 6.63. The van der Waals surface area contributed by atoms with Crippen LogP contribution >= 0.6 is 23.2 Å². The molecular weight excluding hydrogens is 488 g/mol. The normalized spacial score (nSPS) is 11.8. The number of benzene rings is 3. The molecule has 0 aliphatic carbocycles. The van der Waals surface area contributed by atoms with Gasteiger partial charge in [-0.15, -0.1) is 0 Å². The van der Waals surface area contributed by atoms with Gasteiger partial charge >= 0.3 is 12.2 Å². The van der Waals surface area contributed by atoms with Crippen molar-refractivity contribution in [2.45, 2.75) is 16.8 Å². The van der Waals surface area contributed by atoms with Gasteiger partial charge in [-0.05, 0) is 60.2 Å². The van der Waals surface area contributed by atoms with E-state index < -0.39 is 27.6 Å². The van der Waals surface area contributed by atoms with E-state index in [0.717, 1.165) is 24.3 Å². The van der Waals surface area contributed by atoms with E-state index in [1.54, 1.807) is 6.07 Å². The van der Waals surface area contributed by atoms with Crippen molar-refractivity contribution in [3.63, 3.8) is 0 Å². The summed E-state index contributed by atoms with van der Waals surface area (Å²) in [6.07, 6.45) is -4.48. The van der Waals surface area contributed by atoms with Gasteiger partial charge in [-0.3, -0.25) is 0 Å².